The number of carbonyl (C=O) groups is 1. The Bertz CT molecular complexity index is 451. The summed E-state index contributed by atoms with van der Waals surface area (Å²) in [5.41, 5.74) is 2.17. The molecule has 2 rings (SSSR count). The van der Waals surface area contributed by atoms with E-state index in [1.54, 1.807) is 12.1 Å². The van der Waals surface area contributed by atoms with Crippen LogP contribution in [0.25, 0.3) is 0 Å². The van der Waals surface area contributed by atoms with Crippen molar-refractivity contribution in [3.05, 3.63) is 29.3 Å². The van der Waals surface area contributed by atoms with Crippen LogP contribution in [0.3, 0.4) is 0 Å². The lowest BCUT2D eigenvalue weighted by Gasteiger charge is -2.32. The number of benzene rings is 1. The van der Waals surface area contributed by atoms with Gasteiger partial charge in [-0.3, -0.25) is 0 Å². The molecule has 0 bridgehead atoms. The molecule has 1 aliphatic rings. The maximum atomic E-state index is 11.1. The number of hydrogen-bond acceptors (Lipinski definition) is 3. The van der Waals surface area contributed by atoms with Crippen LogP contribution < -0.4 is 5.32 Å². The number of nitrogens with one attached hydrogen (secondary N) is 1. The smallest absolute Gasteiger partial charge is 0.336 e. The highest BCUT2D eigenvalue weighted by Crippen LogP contribution is 2.22. The van der Waals surface area contributed by atoms with Crippen LogP contribution in [0.2, 0.25) is 0 Å². The Hall–Kier alpha value is -1.55. The summed E-state index contributed by atoms with van der Waals surface area (Å²) in [5.74, 6) is -0.859. The third-order valence-corrected chi connectivity index (χ3v) is 3.96. The normalized spacial score (nSPS) is 17.4. The Morgan fingerprint density at radius 2 is 2.11 bits per heavy atom. The van der Waals surface area contributed by atoms with Crippen molar-refractivity contribution in [1.82, 2.24) is 4.90 Å². The second kappa shape index (κ2) is 6.06. The van der Waals surface area contributed by atoms with Gasteiger partial charge in [0.2, 0.25) is 0 Å². The van der Waals surface area contributed by atoms with Gasteiger partial charge in [-0.2, -0.15) is 0 Å². The monoisotopic (exact) mass is 262 g/mol. The van der Waals surface area contributed by atoms with Crippen molar-refractivity contribution < 1.29 is 9.90 Å². The van der Waals surface area contributed by atoms with Gasteiger partial charge in [0.25, 0.3) is 0 Å². The molecule has 0 aliphatic carbocycles. The van der Waals surface area contributed by atoms with Gasteiger partial charge in [-0.25, -0.2) is 4.79 Å². The van der Waals surface area contributed by atoms with E-state index < -0.39 is 5.97 Å². The first-order valence-corrected chi connectivity index (χ1v) is 6.93. The fraction of sp³-hybridized carbons (Fsp3) is 0.533. The minimum absolute atomic E-state index is 0.385. The molecule has 4 heteroatoms. The van der Waals surface area contributed by atoms with E-state index in [1.807, 2.05) is 13.0 Å². The number of nitrogens with zero attached hydrogens (tertiary/aromatic N) is 1. The molecule has 1 saturated heterocycles. The average Bonchev–Trinajstić information content (AvgIpc) is 2.41. The molecule has 1 heterocycles. The number of anilines is 1. The van der Waals surface area contributed by atoms with Crippen molar-refractivity contribution in [2.45, 2.75) is 32.7 Å². The first kappa shape index (κ1) is 13.9. The number of carboxylic acid groups (broad SMARTS) is 1. The molecule has 104 valence electrons. The average molecular weight is 262 g/mol. The topological polar surface area (TPSA) is 52.6 Å². The predicted octanol–water partition coefficient (Wildman–Crippen LogP) is 2.59. The van der Waals surface area contributed by atoms with Crippen molar-refractivity contribution in [2.75, 3.05) is 25.0 Å². The fourth-order valence-electron chi connectivity index (χ4n) is 2.64. The van der Waals surface area contributed by atoms with E-state index >= 15 is 0 Å². The minimum Gasteiger partial charge on any atom is -0.478 e. The van der Waals surface area contributed by atoms with Crippen LogP contribution in [0.15, 0.2) is 18.2 Å². The van der Waals surface area contributed by atoms with Crippen molar-refractivity contribution in [2.24, 2.45) is 0 Å². The Morgan fingerprint density at radius 3 is 2.68 bits per heavy atom. The summed E-state index contributed by atoms with van der Waals surface area (Å²) in [7, 11) is 0. The van der Waals surface area contributed by atoms with Crippen LogP contribution in [0, 0.1) is 6.92 Å². The summed E-state index contributed by atoms with van der Waals surface area (Å²) in [6.07, 6.45) is 2.23. The van der Waals surface area contributed by atoms with E-state index in [2.05, 4.69) is 17.1 Å². The molecule has 1 aromatic carbocycles. The lowest BCUT2D eigenvalue weighted by molar-refractivity contribution is 0.0696. The molecule has 19 heavy (non-hydrogen) atoms. The summed E-state index contributed by atoms with van der Waals surface area (Å²) in [6, 6.07) is 5.88. The molecule has 4 nitrogen and oxygen atoms in total. The van der Waals surface area contributed by atoms with Gasteiger partial charge >= 0.3 is 5.97 Å². The Kier molecular flexibility index (Phi) is 4.43. The molecule has 0 unspecified atom stereocenters. The zero-order valence-corrected chi connectivity index (χ0v) is 11.6. The van der Waals surface area contributed by atoms with E-state index in [4.69, 9.17) is 5.11 Å². The molecule has 1 aromatic rings. The molecule has 0 spiro atoms. The Morgan fingerprint density at radius 1 is 1.42 bits per heavy atom. The highest BCUT2D eigenvalue weighted by Gasteiger charge is 2.19. The van der Waals surface area contributed by atoms with Gasteiger partial charge in [-0.05, 0) is 44.0 Å². The summed E-state index contributed by atoms with van der Waals surface area (Å²) < 4.78 is 0. The van der Waals surface area contributed by atoms with Crippen LogP contribution in [0.5, 0.6) is 0 Å². The van der Waals surface area contributed by atoms with Crippen molar-refractivity contribution in [3.63, 3.8) is 0 Å². The maximum absolute atomic E-state index is 11.1. The molecule has 2 N–H and O–H groups in total. The quantitative estimate of drug-likeness (QED) is 0.875. The zero-order valence-electron chi connectivity index (χ0n) is 11.6. The van der Waals surface area contributed by atoms with Crippen molar-refractivity contribution in [3.8, 4) is 0 Å². The van der Waals surface area contributed by atoms with Gasteiger partial charge < -0.3 is 15.3 Å². The van der Waals surface area contributed by atoms with Crippen molar-refractivity contribution >= 4 is 11.7 Å². The molecule has 0 saturated carbocycles. The second-order valence-corrected chi connectivity index (χ2v) is 5.14. The maximum Gasteiger partial charge on any atom is 0.336 e. The van der Waals surface area contributed by atoms with E-state index in [1.165, 1.54) is 0 Å². The minimum atomic E-state index is -0.859. The van der Waals surface area contributed by atoms with E-state index in [0.717, 1.165) is 43.7 Å². The van der Waals surface area contributed by atoms with E-state index in [9.17, 15) is 4.79 Å². The number of piperidine rings is 1. The number of rotatable bonds is 4. The van der Waals surface area contributed by atoms with E-state index in [0.29, 0.717) is 11.6 Å². The first-order valence-electron chi connectivity index (χ1n) is 6.93. The highest BCUT2D eigenvalue weighted by atomic mass is 16.4. The molecule has 0 atom stereocenters. The number of aromatic carboxylic acids is 1. The second-order valence-electron chi connectivity index (χ2n) is 5.14. The zero-order chi connectivity index (χ0) is 13.8. The molecular weight excluding hydrogens is 240 g/mol. The van der Waals surface area contributed by atoms with Gasteiger partial charge in [0.15, 0.2) is 0 Å². The summed E-state index contributed by atoms with van der Waals surface area (Å²) in [6.45, 7) is 7.40. The van der Waals surface area contributed by atoms with Gasteiger partial charge in [0.1, 0.15) is 0 Å². The van der Waals surface area contributed by atoms with Crippen LogP contribution in [-0.4, -0.2) is 41.7 Å². The number of carboxylic acids is 1. The van der Waals surface area contributed by atoms with E-state index in [-0.39, 0.29) is 0 Å². The van der Waals surface area contributed by atoms with Gasteiger partial charge in [-0.1, -0.05) is 13.0 Å². The van der Waals surface area contributed by atoms with Crippen LogP contribution >= 0.6 is 0 Å². The third kappa shape index (κ3) is 3.26. The summed E-state index contributed by atoms with van der Waals surface area (Å²) in [4.78, 5) is 13.6. The number of hydrogen-bond donors (Lipinski definition) is 2. The van der Waals surface area contributed by atoms with Gasteiger partial charge in [0.05, 0.1) is 5.56 Å². The molecule has 1 fully saturated rings. The summed E-state index contributed by atoms with van der Waals surface area (Å²) >= 11 is 0. The Labute approximate surface area is 114 Å². The SMILES string of the molecule is CCN1CCC(Nc2cccc(C(=O)O)c2C)CC1. The molecule has 1 aliphatic heterocycles. The molecule has 0 aromatic heterocycles. The highest BCUT2D eigenvalue weighted by molar-refractivity contribution is 5.91. The third-order valence-electron chi connectivity index (χ3n) is 3.96. The van der Waals surface area contributed by atoms with Crippen molar-refractivity contribution in [1.29, 1.82) is 0 Å². The fourth-order valence-corrected chi connectivity index (χ4v) is 2.64. The van der Waals surface area contributed by atoms with Crippen LogP contribution in [0.1, 0.15) is 35.7 Å². The predicted molar refractivity (Wildman–Crippen MR) is 76.9 cm³/mol. The largest absolute Gasteiger partial charge is 0.478 e. The number of likely N-dealkylation sites (tertiary alicyclic amines) is 1. The summed E-state index contributed by atoms with van der Waals surface area (Å²) in [5, 5.41) is 12.6. The lowest BCUT2D eigenvalue weighted by atomic mass is 10.0. The molecule has 0 radical (unpaired) electrons. The molecule has 0 amide bonds. The van der Waals surface area contributed by atoms with Gasteiger partial charge in [-0.15, -0.1) is 0 Å². The van der Waals surface area contributed by atoms with Crippen LogP contribution in [0.4, 0.5) is 5.69 Å². The standard InChI is InChI=1S/C15H22N2O2/c1-3-17-9-7-12(8-10-17)16-14-6-4-5-13(11(14)2)15(18)19/h4-6,12,16H,3,7-10H2,1-2H3,(H,18,19). The Balaban J connectivity index is 2.04. The first-order chi connectivity index (χ1) is 9.11. The van der Waals surface area contributed by atoms with Crippen LogP contribution in [-0.2, 0) is 0 Å². The molecular formula is C15H22N2O2. The lowest BCUT2D eigenvalue weighted by Crippen LogP contribution is -2.39. The van der Waals surface area contributed by atoms with Gasteiger partial charge in [0, 0.05) is 24.8 Å².